The number of carbonyl (C=O) groups is 2. The average Bonchev–Trinajstić information content (AvgIpc) is 2.75. The Labute approximate surface area is 223 Å². The summed E-state index contributed by atoms with van der Waals surface area (Å²) >= 11 is 5.76. The Morgan fingerprint density at radius 2 is 1.64 bits per heavy atom. The molecule has 0 aromatic rings. The van der Waals surface area contributed by atoms with Crippen LogP contribution < -0.4 is 10.6 Å². The van der Waals surface area contributed by atoms with E-state index in [4.69, 9.17) is 11.6 Å². The minimum Gasteiger partial charge on any atom is -0.392 e. The number of amides is 2. The Hall–Kier alpha value is -2.63. The van der Waals surface area contributed by atoms with Crippen molar-refractivity contribution in [1.29, 1.82) is 0 Å². The lowest BCUT2D eigenvalue weighted by atomic mass is 9.86. The van der Waals surface area contributed by atoms with Crippen molar-refractivity contribution in [3.05, 3.63) is 83.1 Å². The third-order valence-electron chi connectivity index (χ3n) is 4.93. The molecule has 0 bridgehead atoms. The highest BCUT2D eigenvalue weighted by molar-refractivity contribution is 6.29. The van der Waals surface area contributed by atoms with E-state index in [0.29, 0.717) is 23.8 Å². The Balaban J connectivity index is 4.90. The van der Waals surface area contributed by atoms with Gasteiger partial charge in [0.25, 0.3) is 0 Å². The lowest BCUT2D eigenvalue weighted by molar-refractivity contribution is -0.129. The van der Waals surface area contributed by atoms with Crippen molar-refractivity contribution >= 4 is 23.4 Å². The first kappa shape index (κ1) is 33.4. The Bertz CT molecular complexity index is 907. The number of hydrogen-bond acceptors (Lipinski definition) is 3. The molecule has 0 heterocycles. The molecule has 0 aliphatic heterocycles. The lowest BCUT2D eigenvalue weighted by Crippen LogP contribution is -2.52. The van der Waals surface area contributed by atoms with Crippen molar-refractivity contribution in [2.45, 2.75) is 80.4 Å². The molecule has 3 N–H and O–H groups in total. The second-order valence-electron chi connectivity index (χ2n) is 10.3. The maximum Gasteiger partial charge on any atom is 0.247 e. The molecule has 0 radical (unpaired) electrons. The van der Waals surface area contributed by atoms with E-state index in [9.17, 15) is 14.7 Å². The fraction of sp³-hybridized carbons (Fsp3) is 0.467. The Morgan fingerprint density at radius 3 is 2.22 bits per heavy atom. The van der Waals surface area contributed by atoms with Crippen molar-refractivity contribution in [3.63, 3.8) is 0 Å². The molecular weight excluding hydrogens is 472 g/mol. The van der Waals surface area contributed by atoms with Gasteiger partial charge in [0.2, 0.25) is 11.8 Å². The summed E-state index contributed by atoms with van der Waals surface area (Å²) in [6, 6.07) is -0.731. The van der Waals surface area contributed by atoms with Gasteiger partial charge in [0, 0.05) is 11.1 Å². The van der Waals surface area contributed by atoms with Gasteiger partial charge in [-0.15, -0.1) is 0 Å². The zero-order valence-corrected chi connectivity index (χ0v) is 23.9. The maximum absolute atomic E-state index is 12.7. The fourth-order valence-corrected chi connectivity index (χ4v) is 3.10. The molecule has 0 aliphatic rings. The number of allylic oxidation sites excluding steroid dienone is 10. The Kier molecular flexibility index (Phi) is 16.4. The van der Waals surface area contributed by atoms with E-state index in [1.807, 2.05) is 33.8 Å². The summed E-state index contributed by atoms with van der Waals surface area (Å²) in [5.41, 5.74) is 1.85. The van der Waals surface area contributed by atoms with Crippen molar-refractivity contribution < 1.29 is 14.7 Å². The minimum absolute atomic E-state index is 0.299. The first-order valence-electron chi connectivity index (χ1n) is 12.3. The van der Waals surface area contributed by atoms with Gasteiger partial charge >= 0.3 is 0 Å². The molecule has 0 aromatic heterocycles. The number of aliphatic hydroxyl groups is 1. The third kappa shape index (κ3) is 17.8. The van der Waals surface area contributed by atoms with Gasteiger partial charge in [-0.05, 0) is 58.1 Å². The maximum atomic E-state index is 12.7. The van der Waals surface area contributed by atoms with Crippen LogP contribution in [0, 0.1) is 11.3 Å². The molecule has 3 atom stereocenters. The van der Waals surface area contributed by atoms with Crippen molar-refractivity contribution in [1.82, 2.24) is 10.6 Å². The summed E-state index contributed by atoms with van der Waals surface area (Å²) in [4.78, 5) is 25.1. The second-order valence-corrected chi connectivity index (χ2v) is 10.8. The van der Waals surface area contributed by atoms with E-state index < -0.39 is 17.6 Å². The van der Waals surface area contributed by atoms with Gasteiger partial charge in [0.05, 0.1) is 6.10 Å². The molecule has 200 valence electrons. The third-order valence-corrected chi connectivity index (χ3v) is 5.08. The molecule has 2 amide bonds. The predicted molar refractivity (Wildman–Crippen MR) is 153 cm³/mol. The molecule has 0 aliphatic carbocycles. The van der Waals surface area contributed by atoms with E-state index in [1.54, 1.807) is 31.2 Å². The summed E-state index contributed by atoms with van der Waals surface area (Å²) in [5, 5.41) is 16.0. The molecular formula is C30H45ClN2O3. The number of aliphatic hydroxyl groups excluding tert-OH is 1. The first-order chi connectivity index (χ1) is 16.7. The highest BCUT2D eigenvalue weighted by Crippen LogP contribution is 2.19. The molecule has 0 spiro atoms. The number of nitrogens with one attached hydrogen (secondary N) is 2. The quantitative estimate of drug-likeness (QED) is 0.189. The van der Waals surface area contributed by atoms with Crippen LogP contribution in [0.2, 0.25) is 0 Å². The number of carbonyl (C=O) groups excluding carboxylic acids is 2. The van der Waals surface area contributed by atoms with E-state index in [-0.39, 0.29) is 11.8 Å². The van der Waals surface area contributed by atoms with E-state index in [0.717, 1.165) is 5.57 Å². The van der Waals surface area contributed by atoms with Crippen molar-refractivity contribution in [2.24, 2.45) is 11.3 Å². The zero-order valence-electron chi connectivity index (χ0n) is 23.1. The molecule has 36 heavy (non-hydrogen) atoms. The van der Waals surface area contributed by atoms with Crippen LogP contribution >= 0.6 is 11.6 Å². The summed E-state index contributed by atoms with van der Waals surface area (Å²) in [7, 11) is 0. The second kappa shape index (κ2) is 17.7. The molecule has 0 saturated heterocycles. The highest BCUT2D eigenvalue weighted by Gasteiger charge is 2.31. The van der Waals surface area contributed by atoms with Crippen LogP contribution in [0.5, 0.6) is 0 Å². The van der Waals surface area contributed by atoms with Crippen LogP contribution in [0.1, 0.15) is 68.2 Å². The van der Waals surface area contributed by atoms with Crippen LogP contribution in [-0.4, -0.2) is 29.1 Å². The van der Waals surface area contributed by atoms with Gasteiger partial charge in [0.1, 0.15) is 6.04 Å². The molecule has 0 aromatic carbocycles. The van der Waals surface area contributed by atoms with Gasteiger partial charge in [-0.25, -0.2) is 0 Å². The van der Waals surface area contributed by atoms with Gasteiger partial charge in [-0.3, -0.25) is 9.59 Å². The van der Waals surface area contributed by atoms with E-state index in [2.05, 4.69) is 55.7 Å². The summed E-state index contributed by atoms with van der Waals surface area (Å²) in [6.45, 7) is 15.7. The summed E-state index contributed by atoms with van der Waals surface area (Å²) < 4.78 is 0. The van der Waals surface area contributed by atoms with Crippen LogP contribution in [0.15, 0.2) is 83.1 Å². The van der Waals surface area contributed by atoms with E-state index in [1.165, 1.54) is 17.8 Å². The van der Waals surface area contributed by atoms with Crippen molar-refractivity contribution in [2.75, 3.05) is 0 Å². The standard InChI is InChI=1S/C30H45ClN2O3/c1-22(2)13-11-15-24(4)21-23(3)14-9-10-17-27(35)33-28(30(6,7)8)29(36)32-20-12-16-26(34)19-18-25(5)31/h9-15,17-18,20-21,24,26,28,34H,16,19H2,1-8H3,(H,32,36)(H,33,35)/b14-9-,15-11+,17-10-,20-12-,23-21+,25-18+. The predicted octanol–water partition coefficient (Wildman–Crippen LogP) is 6.65. The number of rotatable bonds is 13. The topological polar surface area (TPSA) is 78.4 Å². The molecule has 5 nitrogen and oxygen atoms in total. The molecule has 6 heteroatoms. The van der Waals surface area contributed by atoms with Crippen LogP contribution in [0.25, 0.3) is 0 Å². The molecule has 3 unspecified atom stereocenters. The van der Waals surface area contributed by atoms with Gasteiger partial charge in [-0.2, -0.15) is 0 Å². The van der Waals surface area contributed by atoms with E-state index >= 15 is 0 Å². The van der Waals surface area contributed by atoms with Crippen LogP contribution in [0.3, 0.4) is 0 Å². The molecule has 0 fully saturated rings. The van der Waals surface area contributed by atoms with Crippen LogP contribution in [-0.2, 0) is 9.59 Å². The molecule has 0 saturated carbocycles. The zero-order chi connectivity index (χ0) is 27.7. The number of hydrogen-bond donors (Lipinski definition) is 3. The van der Waals surface area contributed by atoms with Crippen LogP contribution in [0.4, 0.5) is 0 Å². The largest absolute Gasteiger partial charge is 0.392 e. The normalized spacial score (nSPS) is 16.1. The summed E-state index contributed by atoms with van der Waals surface area (Å²) in [5.74, 6) is -0.374. The fourth-order valence-electron chi connectivity index (χ4n) is 3.01. The average molecular weight is 517 g/mol. The van der Waals surface area contributed by atoms with Gasteiger partial charge < -0.3 is 15.7 Å². The monoisotopic (exact) mass is 516 g/mol. The Morgan fingerprint density at radius 1 is 1.00 bits per heavy atom. The SMILES string of the molecule is CC(C)=C/C=C/C(C)/C=C(C)/C=C\C=C/C(=O)NC(C(=O)N/C=C\CC(O)C/C=C(\C)Cl)C(C)(C)C. The first-order valence-corrected chi connectivity index (χ1v) is 12.7. The highest BCUT2D eigenvalue weighted by atomic mass is 35.5. The molecule has 0 rings (SSSR count). The van der Waals surface area contributed by atoms with Gasteiger partial charge in [-0.1, -0.05) is 105 Å². The number of halogens is 1. The van der Waals surface area contributed by atoms with Crippen molar-refractivity contribution in [3.8, 4) is 0 Å². The summed E-state index contributed by atoms with van der Waals surface area (Å²) in [6.07, 6.45) is 20.4. The minimum atomic E-state index is -0.731. The lowest BCUT2D eigenvalue weighted by Gasteiger charge is -2.29. The van der Waals surface area contributed by atoms with Gasteiger partial charge in [0.15, 0.2) is 0 Å². The smallest absolute Gasteiger partial charge is 0.247 e.